The number of nitrogens with zero attached hydrogens (tertiary/aromatic N) is 2. The quantitative estimate of drug-likeness (QED) is 0.506. The lowest BCUT2D eigenvalue weighted by Gasteiger charge is -2.52. The largest absolute Gasteiger partial charge is 0.297 e. The van der Waals surface area contributed by atoms with E-state index >= 15 is 0 Å². The summed E-state index contributed by atoms with van der Waals surface area (Å²) in [5.41, 5.74) is 5.29. The first kappa shape index (κ1) is 19.3. The van der Waals surface area contributed by atoms with Gasteiger partial charge in [-0.3, -0.25) is 9.89 Å². The fourth-order valence-electron chi connectivity index (χ4n) is 5.40. The maximum atomic E-state index is 5.25. The van der Waals surface area contributed by atoms with Gasteiger partial charge in [0.25, 0.3) is 0 Å². The van der Waals surface area contributed by atoms with Crippen molar-refractivity contribution in [3.8, 4) is 0 Å². The van der Waals surface area contributed by atoms with Crippen molar-refractivity contribution in [2.24, 2.45) is 10.9 Å². The molecule has 0 N–H and O–H groups in total. The van der Waals surface area contributed by atoms with E-state index in [4.69, 9.17) is 4.99 Å². The van der Waals surface area contributed by atoms with Crippen molar-refractivity contribution in [2.75, 3.05) is 13.1 Å². The first-order valence-electron chi connectivity index (χ1n) is 11.2. The Morgan fingerprint density at radius 3 is 1.93 bits per heavy atom. The maximum absolute atomic E-state index is 5.25. The number of benzene rings is 3. The Labute approximate surface area is 180 Å². The average molecular weight is 395 g/mol. The highest BCUT2D eigenvalue weighted by Gasteiger charge is 2.46. The number of piperidine rings is 3. The van der Waals surface area contributed by atoms with Gasteiger partial charge in [-0.2, -0.15) is 0 Å². The Bertz CT molecular complexity index is 931. The minimum Gasteiger partial charge on any atom is -0.297 e. The molecule has 3 aromatic rings. The molecule has 2 atom stereocenters. The minimum absolute atomic E-state index is 0.333. The molecule has 30 heavy (non-hydrogen) atoms. The lowest BCUT2D eigenvalue weighted by Crippen LogP contribution is -2.59. The van der Waals surface area contributed by atoms with Gasteiger partial charge >= 0.3 is 0 Å². The van der Waals surface area contributed by atoms with Crippen LogP contribution >= 0.6 is 0 Å². The van der Waals surface area contributed by atoms with Crippen LogP contribution in [0, 0.1) is 12.8 Å². The highest BCUT2D eigenvalue weighted by Crippen LogP contribution is 2.43. The average Bonchev–Trinajstić information content (AvgIpc) is 2.82. The van der Waals surface area contributed by atoms with Crippen molar-refractivity contribution < 1.29 is 0 Å². The van der Waals surface area contributed by atoms with Crippen LogP contribution in [0.15, 0.2) is 89.9 Å². The second-order valence-corrected chi connectivity index (χ2v) is 8.84. The first-order chi connectivity index (χ1) is 14.8. The van der Waals surface area contributed by atoms with Crippen LogP contribution in [0.3, 0.4) is 0 Å². The summed E-state index contributed by atoms with van der Waals surface area (Å²) in [6.45, 7) is 4.53. The van der Waals surface area contributed by atoms with Crippen LogP contribution in [0.4, 0.5) is 0 Å². The highest BCUT2D eigenvalue weighted by atomic mass is 15.2. The summed E-state index contributed by atoms with van der Waals surface area (Å²) in [6.07, 6.45) is 4.65. The number of hydrogen-bond donors (Lipinski definition) is 0. The highest BCUT2D eigenvalue weighted by molar-refractivity contribution is 5.79. The van der Waals surface area contributed by atoms with Crippen LogP contribution < -0.4 is 0 Å². The molecule has 0 amide bonds. The molecule has 0 spiro atoms. The molecule has 2 bridgehead atoms. The zero-order valence-electron chi connectivity index (χ0n) is 17.7. The van der Waals surface area contributed by atoms with Gasteiger partial charge in [0.2, 0.25) is 0 Å². The van der Waals surface area contributed by atoms with E-state index in [0.717, 1.165) is 0 Å². The van der Waals surface area contributed by atoms with Crippen molar-refractivity contribution in [1.82, 2.24) is 4.90 Å². The van der Waals surface area contributed by atoms with Gasteiger partial charge < -0.3 is 0 Å². The van der Waals surface area contributed by atoms with Crippen molar-refractivity contribution >= 4 is 6.21 Å². The third-order valence-electron chi connectivity index (χ3n) is 6.96. The third-order valence-corrected chi connectivity index (χ3v) is 6.96. The summed E-state index contributed by atoms with van der Waals surface area (Å²) in [7, 11) is 0. The van der Waals surface area contributed by atoms with Gasteiger partial charge in [-0.1, -0.05) is 90.5 Å². The topological polar surface area (TPSA) is 15.6 Å². The SMILES string of the molecule is Cc1ccc(/C=N/[C@@H]2C3CCN(CC3)[C@H]2C(c2ccccc2)c2ccccc2)cc1. The van der Waals surface area contributed by atoms with Crippen molar-refractivity contribution in [3.63, 3.8) is 0 Å². The van der Waals surface area contributed by atoms with E-state index < -0.39 is 0 Å². The van der Waals surface area contributed by atoms with Crippen LogP contribution in [0.1, 0.15) is 41.0 Å². The molecule has 2 nitrogen and oxygen atoms in total. The number of aliphatic imine (C=N–C) groups is 1. The third kappa shape index (κ3) is 3.85. The molecular weight excluding hydrogens is 364 g/mol. The molecule has 0 unspecified atom stereocenters. The first-order valence-corrected chi connectivity index (χ1v) is 11.2. The van der Waals surface area contributed by atoms with Crippen LogP contribution in [-0.4, -0.2) is 36.3 Å². The Kier molecular flexibility index (Phi) is 5.50. The maximum Gasteiger partial charge on any atom is 0.0693 e. The molecule has 0 saturated carbocycles. The van der Waals surface area contributed by atoms with Crippen LogP contribution in [0.25, 0.3) is 0 Å². The molecule has 0 aliphatic carbocycles. The minimum atomic E-state index is 0.333. The Morgan fingerprint density at radius 2 is 1.37 bits per heavy atom. The van der Waals surface area contributed by atoms with E-state index in [1.165, 1.54) is 48.2 Å². The van der Waals surface area contributed by atoms with Crippen LogP contribution in [0.5, 0.6) is 0 Å². The molecule has 3 aromatic carbocycles. The van der Waals surface area contributed by atoms with E-state index in [-0.39, 0.29) is 0 Å². The number of rotatable bonds is 5. The zero-order chi connectivity index (χ0) is 20.3. The van der Waals surface area contributed by atoms with Crippen LogP contribution in [-0.2, 0) is 0 Å². The van der Waals surface area contributed by atoms with E-state index in [9.17, 15) is 0 Å². The number of hydrogen-bond acceptors (Lipinski definition) is 2. The number of fused-ring (bicyclic) bond motifs is 3. The Balaban J connectivity index is 1.54. The van der Waals surface area contributed by atoms with Gasteiger partial charge in [-0.15, -0.1) is 0 Å². The number of aryl methyl sites for hydroxylation is 1. The summed E-state index contributed by atoms with van der Waals surface area (Å²) in [6, 6.07) is 31.5. The fraction of sp³-hybridized carbons (Fsp3) is 0.321. The predicted octanol–water partition coefficient (Wildman–Crippen LogP) is 5.71. The normalized spacial score (nSPS) is 25.8. The van der Waals surface area contributed by atoms with E-state index in [2.05, 4.69) is 103 Å². The summed E-state index contributed by atoms with van der Waals surface area (Å²) in [5, 5.41) is 0. The lowest BCUT2D eigenvalue weighted by molar-refractivity contribution is 0.0215. The lowest BCUT2D eigenvalue weighted by atomic mass is 9.71. The van der Waals surface area contributed by atoms with Crippen molar-refractivity contribution in [3.05, 3.63) is 107 Å². The molecule has 3 aliphatic rings. The van der Waals surface area contributed by atoms with Gasteiger partial charge in [-0.05, 0) is 55.5 Å². The van der Waals surface area contributed by atoms with Gasteiger partial charge in [0.1, 0.15) is 0 Å². The Morgan fingerprint density at radius 1 is 0.800 bits per heavy atom. The van der Waals surface area contributed by atoms with Gasteiger partial charge in [0.05, 0.1) is 6.04 Å². The molecule has 3 fully saturated rings. The molecule has 6 rings (SSSR count). The van der Waals surface area contributed by atoms with Gasteiger partial charge in [-0.25, -0.2) is 0 Å². The molecule has 152 valence electrons. The van der Waals surface area contributed by atoms with Crippen molar-refractivity contribution in [2.45, 2.75) is 37.8 Å². The zero-order valence-corrected chi connectivity index (χ0v) is 17.7. The summed E-state index contributed by atoms with van der Waals surface area (Å²) >= 11 is 0. The summed E-state index contributed by atoms with van der Waals surface area (Å²) < 4.78 is 0. The molecule has 2 heteroatoms. The predicted molar refractivity (Wildman–Crippen MR) is 125 cm³/mol. The second kappa shape index (κ2) is 8.57. The van der Waals surface area contributed by atoms with Crippen molar-refractivity contribution in [1.29, 1.82) is 0 Å². The smallest absolute Gasteiger partial charge is 0.0693 e. The fourth-order valence-corrected chi connectivity index (χ4v) is 5.40. The van der Waals surface area contributed by atoms with E-state index in [1.807, 2.05) is 0 Å². The standard InChI is InChI=1S/C28H30N2/c1-21-12-14-22(15-13-21)20-29-27-25-16-18-30(19-17-25)28(27)26(23-8-4-2-5-9-23)24-10-6-3-7-11-24/h2-15,20,25-28H,16-19H2,1H3/b29-20+/t27-,28+/m1/s1. The molecule has 3 aliphatic heterocycles. The van der Waals surface area contributed by atoms with Crippen LogP contribution in [0.2, 0.25) is 0 Å². The summed E-state index contributed by atoms with van der Waals surface area (Å²) in [5.74, 6) is 1.02. The molecule has 3 saturated heterocycles. The Hall–Kier alpha value is -2.71. The van der Waals surface area contributed by atoms with E-state index in [0.29, 0.717) is 23.9 Å². The second-order valence-electron chi connectivity index (χ2n) is 8.84. The summed E-state index contributed by atoms with van der Waals surface area (Å²) in [4.78, 5) is 7.96. The molecule has 3 heterocycles. The van der Waals surface area contributed by atoms with Gasteiger partial charge in [0.15, 0.2) is 0 Å². The molecule has 0 aromatic heterocycles. The molecular formula is C28H30N2. The van der Waals surface area contributed by atoms with Gasteiger partial charge in [0, 0.05) is 18.2 Å². The molecule has 0 radical (unpaired) electrons. The van der Waals surface area contributed by atoms with E-state index in [1.54, 1.807) is 0 Å². The monoisotopic (exact) mass is 394 g/mol.